The normalized spacial score (nSPS) is 18.1. The van der Waals surface area contributed by atoms with Gasteiger partial charge in [-0.3, -0.25) is 14.4 Å². The van der Waals surface area contributed by atoms with Crippen LogP contribution in [0.5, 0.6) is 0 Å². The predicted molar refractivity (Wildman–Crippen MR) is 92.7 cm³/mol. The average molecular weight is 383 g/mol. The van der Waals surface area contributed by atoms with Crippen molar-refractivity contribution >= 4 is 33.5 Å². The van der Waals surface area contributed by atoms with Crippen LogP contribution in [0, 0.1) is 0 Å². The highest BCUT2D eigenvalue weighted by molar-refractivity contribution is 7.89. The number of nitrogens with zero attached hydrogens (tertiary/aromatic N) is 1. The fourth-order valence-electron chi connectivity index (χ4n) is 2.60. The Kier molecular flexibility index (Phi) is 6.32. The lowest BCUT2D eigenvalue weighted by Crippen LogP contribution is -2.57. The van der Waals surface area contributed by atoms with E-state index in [1.54, 1.807) is 6.92 Å². The Hall–Kier alpha value is -2.46. The van der Waals surface area contributed by atoms with Gasteiger partial charge in [0, 0.05) is 25.7 Å². The van der Waals surface area contributed by atoms with E-state index in [1.807, 2.05) is 0 Å². The lowest BCUT2D eigenvalue weighted by Gasteiger charge is -2.33. The molecule has 2 N–H and O–H groups in total. The summed E-state index contributed by atoms with van der Waals surface area (Å²) in [6, 6.07) is 4.43. The zero-order valence-electron chi connectivity index (χ0n) is 14.5. The molecule has 0 aliphatic carbocycles. The summed E-state index contributed by atoms with van der Waals surface area (Å²) in [5, 5.41) is 5.11. The molecule has 9 nitrogen and oxygen atoms in total. The van der Waals surface area contributed by atoms with Crippen LogP contribution in [0.1, 0.15) is 20.3 Å². The number of hydrogen-bond donors (Lipinski definition) is 2. The number of ether oxygens (including phenoxy) is 1. The van der Waals surface area contributed by atoms with Crippen molar-refractivity contribution in [1.82, 2.24) is 9.62 Å². The van der Waals surface area contributed by atoms with Gasteiger partial charge < -0.3 is 15.4 Å². The fraction of sp³-hybridized carbons (Fsp3) is 0.438. The van der Waals surface area contributed by atoms with Gasteiger partial charge >= 0.3 is 5.97 Å². The molecular weight excluding hydrogens is 362 g/mol. The van der Waals surface area contributed by atoms with Gasteiger partial charge in [0.25, 0.3) is 0 Å². The quantitative estimate of drug-likeness (QED) is 0.671. The molecule has 1 fully saturated rings. The minimum atomic E-state index is -4.00. The molecule has 26 heavy (non-hydrogen) atoms. The fourth-order valence-corrected chi connectivity index (χ4v) is 4.19. The smallest absolute Gasteiger partial charge is 0.307 e. The second-order valence-electron chi connectivity index (χ2n) is 5.64. The van der Waals surface area contributed by atoms with E-state index >= 15 is 0 Å². The van der Waals surface area contributed by atoms with E-state index in [0.29, 0.717) is 5.69 Å². The van der Waals surface area contributed by atoms with Crippen LogP contribution in [0.25, 0.3) is 0 Å². The van der Waals surface area contributed by atoms with Crippen LogP contribution in [-0.4, -0.2) is 56.2 Å². The molecule has 1 aromatic carbocycles. The third-order valence-electron chi connectivity index (χ3n) is 3.73. The van der Waals surface area contributed by atoms with Crippen LogP contribution in [0.3, 0.4) is 0 Å². The van der Waals surface area contributed by atoms with Crippen LogP contribution in [0.2, 0.25) is 0 Å². The van der Waals surface area contributed by atoms with E-state index in [4.69, 9.17) is 4.74 Å². The number of amides is 2. The van der Waals surface area contributed by atoms with E-state index in [9.17, 15) is 22.8 Å². The number of rotatable bonds is 6. The highest BCUT2D eigenvalue weighted by Gasteiger charge is 2.39. The molecule has 0 radical (unpaired) electrons. The number of anilines is 1. The molecule has 1 heterocycles. The molecule has 2 rings (SSSR count). The van der Waals surface area contributed by atoms with Gasteiger partial charge in [-0.1, -0.05) is 0 Å². The zero-order valence-corrected chi connectivity index (χ0v) is 15.3. The van der Waals surface area contributed by atoms with Gasteiger partial charge in [0.05, 0.1) is 17.9 Å². The van der Waals surface area contributed by atoms with Crippen molar-refractivity contribution in [3.8, 4) is 0 Å². The molecule has 1 aliphatic rings. The monoisotopic (exact) mass is 383 g/mol. The van der Waals surface area contributed by atoms with E-state index in [-0.39, 0.29) is 36.9 Å². The molecule has 1 aromatic rings. The maximum Gasteiger partial charge on any atom is 0.307 e. The summed E-state index contributed by atoms with van der Waals surface area (Å²) in [5.74, 6) is -1.46. The van der Waals surface area contributed by atoms with Crippen molar-refractivity contribution in [2.75, 3.05) is 25.0 Å². The molecule has 0 aromatic heterocycles. The van der Waals surface area contributed by atoms with Crippen molar-refractivity contribution < 1.29 is 27.5 Å². The molecule has 2 amide bonds. The summed E-state index contributed by atoms with van der Waals surface area (Å²) in [4.78, 5) is 34.9. The predicted octanol–water partition coefficient (Wildman–Crippen LogP) is 0.0873. The Bertz CT molecular complexity index is 791. The van der Waals surface area contributed by atoms with Crippen molar-refractivity contribution in [2.45, 2.75) is 31.2 Å². The average Bonchev–Trinajstić information content (AvgIpc) is 2.56. The van der Waals surface area contributed by atoms with Gasteiger partial charge in [-0.2, -0.15) is 4.31 Å². The van der Waals surface area contributed by atoms with Gasteiger partial charge in [-0.15, -0.1) is 0 Å². The van der Waals surface area contributed by atoms with Crippen molar-refractivity contribution in [2.24, 2.45) is 0 Å². The number of carbonyl (C=O) groups excluding carboxylic acids is 3. The summed E-state index contributed by atoms with van der Waals surface area (Å²) in [7, 11) is -4.00. The van der Waals surface area contributed by atoms with Crippen LogP contribution in [0.15, 0.2) is 29.2 Å². The van der Waals surface area contributed by atoms with Gasteiger partial charge in [-0.25, -0.2) is 8.42 Å². The first-order chi connectivity index (χ1) is 12.3. The molecular formula is C16H21N3O6S. The van der Waals surface area contributed by atoms with Crippen LogP contribution < -0.4 is 10.6 Å². The van der Waals surface area contributed by atoms with Crippen LogP contribution in [-0.2, 0) is 29.1 Å². The van der Waals surface area contributed by atoms with Gasteiger partial charge in [-0.05, 0) is 31.2 Å². The Morgan fingerprint density at radius 1 is 1.31 bits per heavy atom. The number of sulfonamides is 1. The standard InChI is InChI=1S/C16H21N3O6S/c1-3-25-15(21)10-14-16(22)17-8-9-19(14)26(23,24)13-6-4-12(5-7-13)18-11(2)20/h4-7,14H,3,8-10H2,1-2H3,(H,17,22)(H,18,20)/t14-/m0/s1. The Morgan fingerprint density at radius 3 is 2.54 bits per heavy atom. The first-order valence-electron chi connectivity index (χ1n) is 8.08. The number of piperazine rings is 1. The minimum absolute atomic E-state index is 0.0323. The minimum Gasteiger partial charge on any atom is -0.466 e. The van der Waals surface area contributed by atoms with Crippen molar-refractivity contribution in [1.29, 1.82) is 0 Å². The molecule has 1 aliphatic heterocycles. The molecule has 0 spiro atoms. The summed E-state index contributed by atoms with van der Waals surface area (Å²) in [6.07, 6.45) is -0.358. The van der Waals surface area contributed by atoms with E-state index in [2.05, 4.69) is 10.6 Å². The summed E-state index contributed by atoms with van der Waals surface area (Å²) in [5.41, 5.74) is 0.455. The Labute approximate surface area is 151 Å². The second-order valence-corrected chi connectivity index (χ2v) is 7.53. The molecule has 0 unspecified atom stereocenters. The molecule has 142 valence electrons. The lowest BCUT2D eigenvalue weighted by atomic mass is 10.1. The molecule has 1 atom stereocenters. The first kappa shape index (κ1) is 19.9. The molecule has 1 saturated heterocycles. The summed E-state index contributed by atoms with van der Waals surface area (Å²) in [6.45, 7) is 3.32. The number of esters is 1. The third kappa shape index (κ3) is 4.58. The van der Waals surface area contributed by atoms with E-state index < -0.39 is 27.9 Å². The van der Waals surface area contributed by atoms with Gasteiger partial charge in [0.2, 0.25) is 21.8 Å². The van der Waals surface area contributed by atoms with Crippen molar-refractivity contribution in [3.63, 3.8) is 0 Å². The van der Waals surface area contributed by atoms with E-state index in [0.717, 1.165) is 4.31 Å². The molecule has 0 saturated carbocycles. The summed E-state index contributed by atoms with van der Waals surface area (Å²) < 4.78 is 31.7. The SMILES string of the molecule is CCOC(=O)C[C@H]1C(=O)NCCN1S(=O)(=O)c1ccc(NC(C)=O)cc1. The second kappa shape index (κ2) is 8.28. The maximum atomic E-state index is 12.9. The van der Waals surface area contributed by atoms with Crippen LogP contribution >= 0.6 is 0 Å². The Morgan fingerprint density at radius 2 is 1.96 bits per heavy atom. The molecule has 0 bridgehead atoms. The highest BCUT2D eigenvalue weighted by Crippen LogP contribution is 2.23. The number of nitrogens with one attached hydrogen (secondary N) is 2. The number of carbonyl (C=O) groups is 3. The maximum absolute atomic E-state index is 12.9. The lowest BCUT2D eigenvalue weighted by molar-refractivity contribution is -0.146. The van der Waals surface area contributed by atoms with Gasteiger partial charge in [0.15, 0.2) is 0 Å². The largest absolute Gasteiger partial charge is 0.466 e. The highest BCUT2D eigenvalue weighted by atomic mass is 32.2. The Balaban J connectivity index is 2.27. The third-order valence-corrected chi connectivity index (χ3v) is 5.65. The van der Waals surface area contributed by atoms with Crippen LogP contribution in [0.4, 0.5) is 5.69 Å². The zero-order chi connectivity index (χ0) is 19.3. The topological polar surface area (TPSA) is 122 Å². The van der Waals surface area contributed by atoms with E-state index in [1.165, 1.54) is 31.2 Å². The number of hydrogen-bond acceptors (Lipinski definition) is 6. The van der Waals surface area contributed by atoms with Crippen molar-refractivity contribution in [3.05, 3.63) is 24.3 Å². The first-order valence-corrected chi connectivity index (χ1v) is 9.52. The summed E-state index contributed by atoms with van der Waals surface area (Å²) >= 11 is 0. The molecule has 10 heteroatoms. The number of benzene rings is 1. The van der Waals surface area contributed by atoms with Gasteiger partial charge in [0.1, 0.15) is 6.04 Å².